The van der Waals surface area contributed by atoms with Crippen molar-refractivity contribution in [1.82, 2.24) is 21.3 Å². The summed E-state index contributed by atoms with van der Waals surface area (Å²) in [7, 11) is -4.48. The van der Waals surface area contributed by atoms with Crippen LogP contribution in [0.3, 0.4) is 0 Å². The van der Waals surface area contributed by atoms with Gasteiger partial charge in [-0.1, -0.05) is 76.1 Å². The molecule has 0 radical (unpaired) electrons. The maximum absolute atomic E-state index is 12.8. The zero-order valence-electron chi connectivity index (χ0n) is 50.7. The Labute approximate surface area is 510 Å². The third kappa shape index (κ3) is 19.9. The van der Waals surface area contributed by atoms with Gasteiger partial charge in [-0.25, -0.2) is 14.4 Å². The van der Waals surface area contributed by atoms with Crippen LogP contribution < -0.4 is 30.9 Å². The molecule has 472 valence electrons. The maximum Gasteiger partial charge on any atom is 0.326 e. The van der Waals surface area contributed by atoms with Gasteiger partial charge in [0.05, 0.1) is 30.1 Å². The molecule has 2 atom stereocenters. The lowest BCUT2D eigenvalue weighted by Crippen LogP contribution is -2.51. The van der Waals surface area contributed by atoms with Crippen LogP contribution in [0.15, 0.2) is 125 Å². The third-order valence-electron chi connectivity index (χ3n) is 15.8. The van der Waals surface area contributed by atoms with E-state index in [0.29, 0.717) is 32.2 Å². The van der Waals surface area contributed by atoms with Gasteiger partial charge in [0.2, 0.25) is 17.5 Å². The van der Waals surface area contributed by atoms with E-state index in [9.17, 15) is 52.0 Å². The number of hydrogen-bond donors (Lipinski definition) is 8. The lowest BCUT2D eigenvalue weighted by atomic mass is 9.81. The molecule has 0 bridgehead atoms. The van der Waals surface area contributed by atoms with E-state index in [-0.39, 0.29) is 68.6 Å². The quantitative estimate of drug-likeness (QED) is 0.0153. The van der Waals surface area contributed by atoms with Crippen LogP contribution >= 0.6 is 0 Å². The van der Waals surface area contributed by atoms with Gasteiger partial charge in [0, 0.05) is 73.4 Å². The number of urea groups is 1. The first-order valence-corrected chi connectivity index (χ1v) is 31.6. The maximum atomic E-state index is 12.8. The highest BCUT2D eigenvalue weighted by atomic mass is 32.2. The highest BCUT2D eigenvalue weighted by Gasteiger charge is 2.45. The van der Waals surface area contributed by atoms with E-state index in [1.165, 1.54) is 23.0 Å². The Bertz CT molecular complexity index is 3190. The number of fused-ring (bicyclic) bond motifs is 2. The summed E-state index contributed by atoms with van der Waals surface area (Å²) in [5.41, 5.74) is 7.71. The molecule has 0 unspecified atom stereocenters. The number of carbonyl (C=O) groups excluding carboxylic acids is 3. The predicted molar refractivity (Wildman–Crippen MR) is 330 cm³/mol. The number of carboxylic acids is 3. The first kappa shape index (κ1) is 68.5. The number of nitrogens with one attached hydrogen (secondary N) is 4. The molecule has 2 aliphatic heterocycles. The van der Waals surface area contributed by atoms with Gasteiger partial charge in [0.1, 0.15) is 36.7 Å². The summed E-state index contributed by atoms with van der Waals surface area (Å²) in [4.78, 5) is 73.4. The monoisotopic (exact) mass is 1220 g/mol. The fourth-order valence-electron chi connectivity index (χ4n) is 11.1. The van der Waals surface area contributed by atoms with Crippen LogP contribution in [-0.4, -0.2) is 139 Å². The largest absolute Gasteiger partial charge is 0.481 e. The van der Waals surface area contributed by atoms with E-state index < -0.39 is 63.9 Å². The first-order valence-electron chi connectivity index (χ1n) is 30.2. The van der Waals surface area contributed by atoms with Crippen LogP contribution in [0.5, 0.6) is 5.75 Å². The normalized spacial score (nSPS) is 16.8. The minimum Gasteiger partial charge on any atom is -0.481 e. The fraction of sp³-hybridized carbons (Fsp3) is 0.492. The Morgan fingerprint density at radius 1 is 0.701 bits per heavy atom. The number of carboxylic acid groups (broad SMARTS) is 3. The number of aliphatic carboxylic acids is 3. The second kappa shape index (κ2) is 32.9. The van der Waals surface area contributed by atoms with Crippen molar-refractivity contribution in [3.63, 3.8) is 0 Å². The Kier molecular flexibility index (Phi) is 25.9. The number of hydrogen-bond acceptors (Lipinski definition) is 12. The molecule has 4 amide bonds. The van der Waals surface area contributed by atoms with Gasteiger partial charge in [0.15, 0.2) is 5.71 Å². The summed E-state index contributed by atoms with van der Waals surface area (Å²) in [5.74, 6) is -3.02. The lowest BCUT2D eigenvalue weighted by molar-refractivity contribution is -0.438. The third-order valence-corrected chi connectivity index (χ3v) is 16.7. The SMILES string of the molecule is CCCCCN1/C(=C/C=C2\CCCC(/C=C/C3=[N+](CCCCCC(=O)NCCOCCOCC(=O)NCCCC[C@H](NC(=O)N[C@@H](CCC(=O)O)C(=O)O)C(=O)O)c4ccc(S(=O)(=O)O)cc4C3(C)C)=C2Oc2ccccc2)C(C)(C)c2ccccc21. The Hall–Kier alpha value is -7.66. The first-order chi connectivity index (χ1) is 41.5. The van der Waals surface area contributed by atoms with Gasteiger partial charge < -0.3 is 55.7 Å². The van der Waals surface area contributed by atoms with Crippen molar-refractivity contribution in [3.05, 3.63) is 131 Å². The van der Waals surface area contributed by atoms with E-state index in [1.807, 2.05) is 30.3 Å². The van der Waals surface area contributed by atoms with Gasteiger partial charge in [-0.15, -0.1) is 0 Å². The van der Waals surface area contributed by atoms with Crippen molar-refractivity contribution in [2.24, 2.45) is 0 Å². The Morgan fingerprint density at radius 2 is 1.40 bits per heavy atom. The topological polar surface area (TPSA) is 300 Å². The number of nitrogens with zero attached hydrogens (tertiary/aromatic N) is 2. The standard InChI is InChI=1S/C65H86N6O15S/c1-6-7-17-38-70-53-26-14-13-24-49(53)64(2,3)55(70)33-28-45-20-19-21-46(60(45)86-47-22-10-8-11-23-47)29-34-56-65(4,5)50-43-48(87(81,82)83)30-32-54(50)71(56)39-18-9-12-27-57(72)67-37-40-84-41-42-85-44-58(73)66-36-16-15-25-51(61(76)77)68-63(80)69-52(62(78)79)31-35-59(74)75/h8,10-11,13-14,22-24,26,28-30,32-34,43,51-52H,6-7,9,12,15-21,25,27,31,35-42,44H2,1-5H3,(H7-,66,67,68,69,72,73,74,75,76,77,78,79,80,81,82,83)/p+1/t51-,52-/m0/s1. The number of amides is 4. The van der Waals surface area contributed by atoms with Crippen LogP contribution in [0.4, 0.5) is 16.2 Å². The van der Waals surface area contributed by atoms with Crippen molar-refractivity contribution in [3.8, 4) is 5.75 Å². The number of carbonyl (C=O) groups is 6. The number of ether oxygens (including phenoxy) is 3. The summed E-state index contributed by atoms with van der Waals surface area (Å²) in [6, 6.07) is 19.4. The van der Waals surface area contributed by atoms with Gasteiger partial charge in [-0.2, -0.15) is 13.0 Å². The number of benzene rings is 3. The molecule has 0 spiro atoms. The van der Waals surface area contributed by atoms with Gasteiger partial charge in [-0.3, -0.25) is 18.9 Å². The van der Waals surface area contributed by atoms with Crippen LogP contribution in [0, 0.1) is 0 Å². The molecule has 0 saturated carbocycles. The number of allylic oxidation sites excluding steroid dienone is 7. The van der Waals surface area contributed by atoms with Crippen molar-refractivity contribution in [1.29, 1.82) is 0 Å². The average molecular weight is 1220 g/mol. The number of anilines is 1. The van der Waals surface area contributed by atoms with Gasteiger partial charge in [0.25, 0.3) is 10.1 Å². The molecule has 0 fully saturated rings. The number of unbranched alkanes of at least 4 members (excludes halogenated alkanes) is 5. The molecule has 3 aromatic carbocycles. The molecular formula is C65H87N6O15S+. The van der Waals surface area contributed by atoms with Crippen LogP contribution in [0.25, 0.3) is 0 Å². The predicted octanol–water partition coefficient (Wildman–Crippen LogP) is 9.25. The van der Waals surface area contributed by atoms with Crippen molar-refractivity contribution in [2.75, 3.05) is 57.5 Å². The Balaban J connectivity index is 0.990. The second-order valence-corrected chi connectivity index (χ2v) is 24.4. The minimum atomic E-state index is -4.48. The molecule has 87 heavy (non-hydrogen) atoms. The highest BCUT2D eigenvalue weighted by Crippen LogP contribution is 2.48. The number of para-hydroxylation sites is 2. The molecule has 3 aromatic rings. The molecule has 22 heteroatoms. The highest BCUT2D eigenvalue weighted by molar-refractivity contribution is 7.85. The average Bonchev–Trinajstić information content (AvgIpc) is 1.62. The van der Waals surface area contributed by atoms with Crippen molar-refractivity contribution in [2.45, 2.75) is 159 Å². The van der Waals surface area contributed by atoms with E-state index >= 15 is 0 Å². The van der Waals surface area contributed by atoms with E-state index in [0.717, 1.165) is 97.5 Å². The summed E-state index contributed by atoms with van der Waals surface area (Å²) in [6.07, 6.45) is 16.9. The van der Waals surface area contributed by atoms with Gasteiger partial charge in [-0.05, 0) is 137 Å². The summed E-state index contributed by atoms with van der Waals surface area (Å²) in [5, 5.41) is 37.3. The molecular weight excluding hydrogens is 1140 g/mol. The second-order valence-electron chi connectivity index (χ2n) is 23.0. The summed E-state index contributed by atoms with van der Waals surface area (Å²) in [6.45, 7) is 13.3. The molecule has 1 aliphatic carbocycles. The molecule has 0 aromatic heterocycles. The summed E-state index contributed by atoms with van der Waals surface area (Å²) < 4.78 is 55.0. The molecule has 3 aliphatic rings. The Morgan fingerprint density at radius 3 is 2.11 bits per heavy atom. The van der Waals surface area contributed by atoms with Crippen molar-refractivity contribution < 1.29 is 75.8 Å². The van der Waals surface area contributed by atoms with E-state index in [4.69, 9.17) is 19.3 Å². The molecule has 6 rings (SSSR count). The lowest BCUT2D eigenvalue weighted by Gasteiger charge is -2.27. The molecule has 21 nitrogen and oxygen atoms in total. The smallest absolute Gasteiger partial charge is 0.326 e. The van der Waals surface area contributed by atoms with Crippen LogP contribution in [0.2, 0.25) is 0 Å². The summed E-state index contributed by atoms with van der Waals surface area (Å²) >= 11 is 0. The molecule has 2 heterocycles. The van der Waals surface area contributed by atoms with E-state index in [1.54, 1.807) is 12.1 Å². The van der Waals surface area contributed by atoms with Crippen LogP contribution in [-0.2, 0) is 54.4 Å². The molecule has 8 N–H and O–H groups in total. The van der Waals surface area contributed by atoms with Crippen LogP contribution in [0.1, 0.15) is 142 Å². The molecule has 0 saturated heterocycles. The van der Waals surface area contributed by atoms with E-state index in [2.05, 4.69) is 114 Å². The minimum absolute atomic E-state index is 0.0127. The number of rotatable bonds is 36. The van der Waals surface area contributed by atoms with Crippen molar-refractivity contribution >= 4 is 63.0 Å². The zero-order valence-corrected chi connectivity index (χ0v) is 51.6. The fourth-order valence-corrected chi connectivity index (χ4v) is 11.6. The zero-order chi connectivity index (χ0) is 63.2. The van der Waals surface area contributed by atoms with Gasteiger partial charge >= 0.3 is 23.9 Å².